The molecule has 0 aliphatic carbocycles. The Kier molecular flexibility index (Phi) is 5.15. The second-order valence-corrected chi connectivity index (χ2v) is 5.72. The van der Waals surface area contributed by atoms with Gasteiger partial charge in [0, 0.05) is 31.1 Å². The van der Waals surface area contributed by atoms with Gasteiger partial charge in [0.25, 0.3) is 5.91 Å². The minimum Gasteiger partial charge on any atom is -0.384 e. The smallest absolute Gasteiger partial charge is 0.272 e. The van der Waals surface area contributed by atoms with Gasteiger partial charge in [0.05, 0.1) is 12.1 Å². The Morgan fingerprint density at radius 2 is 2.10 bits per heavy atom. The summed E-state index contributed by atoms with van der Waals surface area (Å²) >= 11 is 5.97. The largest absolute Gasteiger partial charge is 0.384 e. The second kappa shape index (κ2) is 6.87. The molecule has 112 valence electrons. The third kappa shape index (κ3) is 3.93. The Hall–Kier alpha value is -1.65. The molecule has 4 nitrogen and oxygen atoms in total. The maximum absolute atomic E-state index is 12.4. The number of aromatic nitrogens is 1. The minimum absolute atomic E-state index is 0.0974. The van der Waals surface area contributed by atoms with Crippen LogP contribution in [0.2, 0.25) is 5.02 Å². The minimum atomic E-state index is -0.0974. The number of pyridine rings is 1. The van der Waals surface area contributed by atoms with E-state index in [0.29, 0.717) is 23.9 Å². The van der Waals surface area contributed by atoms with Crippen molar-refractivity contribution in [2.45, 2.75) is 6.92 Å². The SMILES string of the molecule is COC[C@H](C)CN(C)C(=O)c1ccc2ccc(Cl)cc2n1. The molecule has 1 aromatic heterocycles. The van der Waals surface area contributed by atoms with Gasteiger partial charge >= 0.3 is 0 Å². The van der Waals surface area contributed by atoms with E-state index in [1.807, 2.05) is 25.1 Å². The van der Waals surface area contributed by atoms with Crippen LogP contribution in [0, 0.1) is 5.92 Å². The van der Waals surface area contributed by atoms with Crippen LogP contribution in [0.3, 0.4) is 0 Å². The number of carbonyl (C=O) groups is 1. The molecule has 0 aliphatic heterocycles. The van der Waals surface area contributed by atoms with E-state index in [1.165, 1.54) is 0 Å². The molecule has 1 heterocycles. The lowest BCUT2D eigenvalue weighted by molar-refractivity contribution is 0.0731. The number of methoxy groups -OCH3 is 1. The number of amides is 1. The van der Waals surface area contributed by atoms with E-state index in [2.05, 4.69) is 4.98 Å². The van der Waals surface area contributed by atoms with Crippen molar-refractivity contribution in [1.29, 1.82) is 0 Å². The summed E-state index contributed by atoms with van der Waals surface area (Å²) in [4.78, 5) is 18.5. The third-order valence-corrected chi connectivity index (χ3v) is 3.49. The highest BCUT2D eigenvalue weighted by atomic mass is 35.5. The van der Waals surface area contributed by atoms with Crippen molar-refractivity contribution < 1.29 is 9.53 Å². The van der Waals surface area contributed by atoms with Gasteiger partial charge in [-0.1, -0.05) is 30.7 Å². The Morgan fingerprint density at radius 3 is 2.81 bits per heavy atom. The van der Waals surface area contributed by atoms with Crippen LogP contribution < -0.4 is 0 Å². The van der Waals surface area contributed by atoms with Crippen molar-refractivity contribution in [3.8, 4) is 0 Å². The molecule has 1 atom stereocenters. The average molecular weight is 307 g/mol. The summed E-state index contributed by atoms with van der Waals surface area (Å²) in [5, 5.41) is 1.58. The van der Waals surface area contributed by atoms with Crippen LogP contribution in [0.15, 0.2) is 30.3 Å². The highest BCUT2D eigenvalue weighted by molar-refractivity contribution is 6.31. The van der Waals surface area contributed by atoms with Crippen molar-refractivity contribution in [2.75, 3.05) is 27.3 Å². The van der Waals surface area contributed by atoms with Gasteiger partial charge in [-0.3, -0.25) is 4.79 Å². The molecule has 0 bridgehead atoms. The zero-order chi connectivity index (χ0) is 15.4. The molecule has 21 heavy (non-hydrogen) atoms. The quantitative estimate of drug-likeness (QED) is 0.851. The second-order valence-electron chi connectivity index (χ2n) is 5.28. The van der Waals surface area contributed by atoms with Gasteiger partial charge in [0.1, 0.15) is 5.69 Å². The molecule has 2 rings (SSSR count). The molecule has 0 N–H and O–H groups in total. The highest BCUT2D eigenvalue weighted by Gasteiger charge is 2.16. The molecule has 1 aromatic carbocycles. The molecule has 0 aliphatic rings. The van der Waals surface area contributed by atoms with Gasteiger partial charge in [-0.15, -0.1) is 0 Å². The van der Waals surface area contributed by atoms with Gasteiger partial charge < -0.3 is 9.64 Å². The number of hydrogen-bond acceptors (Lipinski definition) is 3. The summed E-state index contributed by atoms with van der Waals surface area (Å²) in [7, 11) is 3.44. The first-order chi connectivity index (χ1) is 10.0. The Bertz CT molecular complexity index is 645. The van der Waals surface area contributed by atoms with E-state index in [1.54, 1.807) is 31.2 Å². The summed E-state index contributed by atoms with van der Waals surface area (Å²) in [6.07, 6.45) is 0. The molecule has 0 unspecified atom stereocenters. The predicted molar refractivity (Wildman–Crippen MR) is 84.8 cm³/mol. The van der Waals surface area contributed by atoms with Crippen molar-refractivity contribution in [1.82, 2.24) is 9.88 Å². The Balaban J connectivity index is 2.18. The first kappa shape index (κ1) is 15.7. The Labute approximate surface area is 129 Å². The van der Waals surface area contributed by atoms with Gasteiger partial charge in [0.2, 0.25) is 0 Å². The molecular formula is C16H19ClN2O2. The molecule has 0 radical (unpaired) electrons. The number of nitrogens with zero attached hydrogens (tertiary/aromatic N) is 2. The van der Waals surface area contributed by atoms with Crippen molar-refractivity contribution in [3.63, 3.8) is 0 Å². The number of rotatable bonds is 5. The standard InChI is InChI=1S/C16H19ClN2O2/c1-11(10-21-3)9-19(2)16(20)14-7-5-12-4-6-13(17)8-15(12)18-14/h4-8,11H,9-10H2,1-3H3/t11-/m1/s1. The zero-order valence-electron chi connectivity index (χ0n) is 12.5. The molecule has 0 spiro atoms. The van der Waals surface area contributed by atoms with Gasteiger partial charge in [-0.05, 0) is 24.1 Å². The van der Waals surface area contributed by atoms with Gasteiger partial charge in [-0.2, -0.15) is 0 Å². The summed E-state index contributed by atoms with van der Waals surface area (Å²) in [5.41, 5.74) is 1.16. The summed E-state index contributed by atoms with van der Waals surface area (Å²) in [5.74, 6) is 0.179. The van der Waals surface area contributed by atoms with Crippen LogP contribution in [-0.2, 0) is 4.74 Å². The molecule has 0 saturated carbocycles. The van der Waals surface area contributed by atoms with Gasteiger partial charge in [0.15, 0.2) is 0 Å². The lowest BCUT2D eigenvalue weighted by Crippen LogP contribution is -2.32. The highest BCUT2D eigenvalue weighted by Crippen LogP contribution is 2.18. The normalized spacial score (nSPS) is 12.4. The number of ether oxygens (including phenoxy) is 1. The van der Waals surface area contributed by atoms with E-state index >= 15 is 0 Å². The van der Waals surface area contributed by atoms with Crippen molar-refractivity contribution in [3.05, 3.63) is 41.0 Å². The van der Waals surface area contributed by atoms with Crippen LogP contribution >= 0.6 is 11.6 Å². The van der Waals surface area contributed by atoms with Crippen LogP contribution in [0.4, 0.5) is 0 Å². The number of halogens is 1. The van der Waals surface area contributed by atoms with Gasteiger partial charge in [-0.25, -0.2) is 4.98 Å². The topological polar surface area (TPSA) is 42.4 Å². The average Bonchev–Trinajstić information content (AvgIpc) is 2.45. The molecule has 1 amide bonds. The molecule has 5 heteroatoms. The van der Waals surface area contributed by atoms with E-state index in [0.717, 1.165) is 10.9 Å². The third-order valence-electron chi connectivity index (χ3n) is 3.26. The first-order valence-electron chi connectivity index (χ1n) is 6.82. The molecule has 0 saturated heterocycles. The zero-order valence-corrected chi connectivity index (χ0v) is 13.2. The fraction of sp³-hybridized carbons (Fsp3) is 0.375. The maximum Gasteiger partial charge on any atom is 0.272 e. The lowest BCUT2D eigenvalue weighted by atomic mass is 10.1. The fourth-order valence-electron chi connectivity index (χ4n) is 2.29. The van der Waals surface area contributed by atoms with Crippen LogP contribution in [-0.4, -0.2) is 43.1 Å². The summed E-state index contributed by atoms with van der Waals surface area (Å²) < 4.78 is 5.09. The van der Waals surface area contributed by atoms with E-state index in [-0.39, 0.29) is 11.8 Å². The maximum atomic E-state index is 12.4. The van der Waals surface area contributed by atoms with Crippen molar-refractivity contribution in [2.24, 2.45) is 5.92 Å². The number of hydrogen-bond donors (Lipinski definition) is 0. The van der Waals surface area contributed by atoms with Crippen LogP contribution in [0.1, 0.15) is 17.4 Å². The Morgan fingerprint density at radius 1 is 1.38 bits per heavy atom. The molecule has 2 aromatic rings. The molecule has 0 fully saturated rings. The monoisotopic (exact) mass is 306 g/mol. The number of carbonyl (C=O) groups excluding carboxylic acids is 1. The fourth-order valence-corrected chi connectivity index (χ4v) is 2.46. The number of benzene rings is 1. The lowest BCUT2D eigenvalue weighted by Gasteiger charge is -2.21. The predicted octanol–water partition coefficient (Wildman–Crippen LogP) is 3.24. The summed E-state index contributed by atoms with van der Waals surface area (Å²) in [6.45, 7) is 3.29. The number of fused-ring (bicyclic) bond motifs is 1. The van der Waals surface area contributed by atoms with E-state index in [9.17, 15) is 4.79 Å². The van der Waals surface area contributed by atoms with E-state index < -0.39 is 0 Å². The van der Waals surface area contributed by atoms with E-state index in [4.69, 9.17) is 16.3 Å². The van der Waals surface area contributed by atoms with Crippen LogP contribution in [0.5, 0.6) is 0 Å². The first-order valence-corrected chi connectivity index (χ1v) is 7.19. The van der Waals surface area contributed by atoms with Crippen LogP contribution in [0.25, 0.3) is 10.9 Å². The van der Waals surface area contributed by atoms with Crippen molar-refractivity contribution >= 4 is 28.4 Å². The summed E-state index contributed by atoms with van der Waals surface area (Å²) in [6, 6.07) is 9.10. The molecular weight excluding hydrogens is 288 g/mol.